The van der Waals surface area contributed by atoms with Crippen molar-refractivity contribution in [1.29, 1.82) is 0 Å². The number of carbonyl (C=O) groups is 1. The summed E-state index contributed by atoms with van der Waals surface area (Å²) in [5, 5.41) is 11.9. The maximum Gasteiger partial charge on any atom is 0.305 e. The van der Waals surface area contributed by atoms with Gasteiger partial charge in [-0.3, -0.25) is 4.79 Å². The van der Waals surface area contributed by atoms with Gasteiger partial charge in [0.15, 0.2) is 0 Å². The van der Waals surface area contributed by atoms with E-state index in [0.717, 1.165) is 30.0 Å². The van der Waals surface area contributed by atoms with Crippen molar-refractivity contribution in [3.63, 3.8) is 0 Å². The second kappa shape index (κ2) is 3.94. The number of hydrogen-bond acceptors (Lipinski definition) is 4. The smallest absolute Gasteiger partial charge is 0.305 e. The molecule has 0 radical (unpaired) electrons. The van der Waals surface area contributed by atoms with Crippen LogP contribution in [-0.4, -0.2) is 27.6 Å². The van der Waals surface area contributed by atoms with Gasteiger partial charge in [-0.2, -0.15) is 0 Å². The number of nitrogens with zero attached hydrogens (tertiary/aromatic N) is 2. The number of rotatable bonds is 2. The van der Waals surface area contributed by atoms with Crippen molar-refractivity contribution in [2.24, 2.45) is 0 Å². The van der Waals surface area contributed by atoms with Gasteiger partial charge in [0.05, 0.1) is 12.1 Å². The van der Waals surface area contributed by atoms with Crippen LogP contribution in [0.5, 0.6) is 0 Å². The first-order valence-electron chi connectivity index (χ1n) is 4.94. The average molecular weight is 207 g/mol. The monoisotopic (exact) mass is 207 g/mol. The third kappa shape index (κ3) is 2.12. The Morgan fingerprint density at radius 2 is 2.53 bits per heavy atom. The van der Waals surface area contributed by atoms with Crippen LogP contribution in [0.4, 0.5) is 0 Å². The minimum absolute atomic E-state index is 0.0828. The zero-order valence-electron chi connectivity index (χ0n) is 8.53. The first-order chi connectivity index (χ1) is 7.16. The molecule has 2 heterocycles. The van der Waals surface area contributed by atoms with Gasteiger partial charge in [-0.1, -0.05) is 0 Å². The summed E-state index contributed by atoms with van der Waals surface area (Å²) in [6.07, 6.45) is 2.66. The summed E-state index contributed by atoms with van der Waals surface area (Å²) in [5.41, 5.74) is 1.90. The van der Waals surface area contributed by atoms with Crippen LogP contribution in [0, 0.1) is 6.92 Å². The Hall–Kier alpha value is -1.49. The zero-order chi connectivity index (χ0) is 10.8. The Morgan fingerprint density at radius 3 is 3.27 bits per heavy atom. The molecule has 0 aliphatic carbocycles. The molecule has 2 N–H and O–H groups in total. The molecule has 1 aliphatic heterocycles. The maximum absolute atomic E-state index is 10.7. The lowest BCUT2D eigenvalue weighted by molar-refractivity contribution is -0.137. The summed E-state index contributed by atoms with van der Waals surface area (Å²) in [6.45, 7) is 2.62. The molecule has 0 fully saturated rings. The lowest BCUT2D eigenvalue weighted by Gasteiger charge is -2.24. The number of aromatic nitrogens is 2. The van der Waals surface area contributed by atoms with E-state index in [0.29, 0.717) is 0 Å². The molecular formula is C10H13N3O2. The van der Waals surface area contributed by atoms with Crippen LogP contribution in [0.2, 0.25) is 0 Å². The molecule has 2 rings (SSSR count). The van der Waals surface area contributed by atoms with Crippen LogP contribution in [0.15, 0.2) is 6.20 Å². The molecule has 1 atom stereocenters. The Morgan fingerprint density at radius 1 is 1.73 bits per heavy atom. The summed E-state index contributed by atoms with van der Waals surface area (Å²) in [5.74, 6) is -0.0642. The fourth-order valence-electron chi connectivity index (χ4n) is 1.85. The Kier molecular flexibility index (Phi) is 2.64. The molecule has 0 saturated heterocycles. The zero-order valence-corrected chi connectivity index (χ0v) is 8.53. The van der Waals surface area contributed by atoms with Crippen molar-refractivity contribution in [3.8, 4) is 0 Å². The van der Waals surface area contributed by atoms with Crippen LogP contribution in [0.25, 0.3) is 0 Å². The standard InChI is InChI=1S/C10H13N3O2/c1-6-12-5-7-8(13-6)2-3-11-9(7)4-10(14)15/h5,9,11H,2-4H2,1H3,(H,14,15). The maximum atomic E-state index is 10.7. The van der Waals surface area contributed by atoms with Gasteiger partial charge < -0.3 is 10.4 Å². The highest BCUT2D eigenvalue weighted by atomic mass is 16.4. The predicted octanol–water partition coefficient (Wildman–Crippen LogP) is 0.447. The molecule has 1 unspecified atom stereocenters. The minimum atomic E-state index is -0.805. The highest BCUT2D eigenvalue weighted by Crippen LogP contribution is 2.23. The topological polar surface area (TPSA) is 75.1 Å². The Labute approximate surface area is 87.6 Å². The fourth-order valence-corrected chi connectivity index (χ4v) is 1.85. The number of aliphatic carboxylic acids is 1. The highest BCUT2D eigenvalue weighted by Gasteiger charge is 2.23. The van der Waals surface area contributed by atoms with E-state index < -0.39 is 5.97 Å². The van der Waals surface area contributed by atoms with Gasteiger partial charge >= 0.3 is 5.97 Å². The Bertz CT molecular complexity index is 392. The highest BCUT2D eigenvalue weighted by molar-refractivity contribution is 5.68. The quantitative estimate of drug-likeness (QED) is 0.736. The number of carboxylic acids is 1. The summed E-state index contributed by atoms with van der Waals surface area (Å²) in [7, 11) is 0. The number of aryl methyl sites for hydroxylation is 1. The van der Waals surface area contributed by atoms with Crippen LogP contribution >= 0.6 is 0 Å². The van der Waals surface area contributed by atoms with Gasteiger partial charge in [-0.25, -0.2) is 9.97 Å². The van der Waals surface area contributed by atoms with E-state index in [4.69, 9.17) is 5.11 Å². The Balaban J connectivity index is 2.30. The normalized spacial score (nSPS) is 19.7. The van der Waals surface area contributed by atoms with Crippen LogP contribution in [0.3, 0.4) is 0 Å². The third-order valence-electron chi connectivity index (χ3n) is 2.53. The van der Waals surface area contributed by atoms with Crippen molar-refractivity contribution >= 4 is 5.97 Å². The van der Waals surface area contributed by atoms with Crippen molar-refractivity contribution in [3.05, 3.63) is 23.3 Å². The minimum Gasteiger partial charge on any atom is -0.481 e. The average Bonchev–Trinajstić information content (AvgIpc) is 2.16. The third-order valence-corrected chi connectivity index (χ3v) is 2.53. The van der Waals surface area contributed by atoms with Crippen LogP contribution in [-0.2, 0) is 11.2 Å². The summed E-state index contributed by atoms with van der Waals surface area (Å²) < 4.78 is 0. The molecule has 0 bridgehead atoms. The molecule has 5 nitrogen and oxygen atoms in total. The van der Waals surface area contributed by atoms with Gasteiger partial charge in [0.2, 0.25) is 0 Å². The van der Waals surface area contributed by atoms with E-state index in [1.807, 2.05) is 6.92 Å². The lowest BCUT2D eigenvalue weighted by Crippen LogP contribution is -2.32. The molecule has 0 amide bonds. The molecule has 0 aromatic carbocycles. The van der Waals surface area contributed by atoms with E-state index in [-0.39, 0.29) is 12.5 Å². The second-order valence-electron chi connectivity index (χ2n) is 3.67. The summed E-state index contributed by atoms with van der Waals surface area (Å²) >= 11 is 0. The van der Waals surface area contributed by atoms with E-state index in [1.165, 1.54) is 0 Å². The van der Waals surface area contributed by atoms with E-state index in [1.54, 1.807) is 6.20 Å². The largest absolute Gasteiger partial charge is 0.481 e. The molecule has 0 spiro atoms. The van der Waals surface area contributed by atoms with Crippen LogP contribution < -0.4 is 5.32 Å². The number of nitrogens with one attached hydrogen (secondary N) is 1. The first-order valence-corrected chi connectivity index (χ1v) is 4.94. The molecular weight excluding hydrogens is 194 g/mol. The van der Waals surface area contributed by atoms with E-state index in [2.05, 4.69) is 15.3 Å². The second-order valence-corrected chi connectivity index (χ2v) is 3.67. The molecule has 1 aromatic heterocycles. The molecule has 1 aliphatic rings. The first kappa shape index (κ1) is 10.0. The van der Waals surface area contributed by atoms with Gasteiger partial charge in [-0.05, 0) is 6.92 Å². The van der Waals surface area contributed by atoms with Gasteiger partial charge in [0.25, 0.3) is 0 Å². The summed E-state index contributed by atoms with van der Waals surface area (Å²) in [4.78, 5) is 19.1. The molecule has 80 valence electrons. The fraction of sp³-hybridized carbons (Fsp3) is 0.500. The van der Waals surface area contributed by atoms with Crippen molar-refractivity contribution in [2.45, 2.75) is 25.8 Å². The van der Waals surface area contributed by atoms with Crippen molar-refractivity contribution in [2.75, 3.05) is 6.54 Å². The number of hydrogen-bond donors (Lipinski definition) is 2. The number of carboxylic acid groups (broad SMARTS) is 1. The van der Waals surface area contributed by atoms with Crippen molar-refractivity contribution < 1.29 is 9.90 Å². The van der Waals surface area contributed by atoms with Gasteiger partial charge in [0, 0.05) is 30.8 Å². The molecule has 0 saturated carbocycles. The number of fused-ring (bicyclic) bond motifs is 1. The van der Waals surface area contributed by atoms with Crippen molar-refractivity contribution in [1.82, 2.24) is 15.3 Å². The molecule has 1 aromatic rings. The van der Waals surface area contributed by atoms with Gasteiger partial charge in [0.1, 0.15) is 5.82 Å². The SMILES string of the molecule is Cc1ncc2c(n1)CCNC2CC(=O)O. The van der Waals surface area contributed by atoms with Crippen LogP contribution in [0.1, 0.15) is 29.5 Å². The van der Waals surface area contributed by atoms with E-state index in [9.17, 15) is 4.79 Å². The predicted molar refractivity (Wildman–Crippen MR) is 53.5 cm³/mol. The summed E-state index contributed by atoms with van der Waals surface area (Å²) in [6, 6.07) is -0.146. The van der Waals surface area contributed by atoms with Gasteiger partial charge in [-0.15, -0.1) is 0 Å². The molecule has 5 heteroatoms. The lowest BCUT2D eigenvalue weighted by atomic mass is 9.98. The molecule has 15 heavy (non-hydrogen) atoms. The van der Waals surface area contributed by atoms with E-state index >= 15 is 0 Å².